The standard InChI is InChI=1S/C23H28N4O5/c24-10-15-12-26(13-23(15)5-7-32-8-6-23)11-14-1-2-16-17(9-14)22(31)27(21(16)30)18-3-4-19(28)25-20(18)29/h1-2,9,15,18H,3-8,10-13,24H2,(H,25,28,29). The van der Waals surface area contributed by atoms with E-state index in [4.69, 9.17) is 10.5 Å². The molecule has 4 amide bonds. The fourth-order valence-corrected chi connectivity index (χ4v) is 5.81. The average Bonchev–Trinajstić information content (AvgIpc) is 3.23. The summed E-state index contributed by atoms with van der Waals surface area (Å²) in [5, 5.41) is 2.22. The van der Waals surface area contributed by atoms with Crippen LogP contribution in [0.1, 0.15) is 52.0 Å². The van der Waals surface area contributed by atoms with E-state index in [1.807, 2.05) is 6.07 Å². The number of amides is 4. The first kappa shape index (κ1) is 21.2. The third-order valence-electron chi connectivity index (χ3n) is 7.57. The number of likely N-dealkylation sites (tertiary alicyclic amines) is 1. The highest BCUT2D eigenvalue weighted by Crippen LogP contribution is 2.44. The number of piperidine rings is 1. The summed E-state index contributed by atoms with van der Waals surface area (Å²) in [6, 6.07) is 4.39. The lowest BCUT2D eigenvalue weighted by atomic mass is 9.72. The molecule has 3 saturated heterocycles. The molecular formula is C23H28N4O5. The molecular weight excluding hydrogens is 412 g/mol. The van der Waals surface area contributed by atoms with Gasteiger partial charge in [0.05, 0.1) is 11.1 Å². The Bertz CT molecular complexity index is 987. The van der Waals surface area contributed by atoms with Crippen molar-refractivity contribution in [2.75, 3.05) is 32.8 Å². The van der Waals surface area contributed by atoms with Crippen LogP contribution in [-0.4, -0.2) is 72.3 Å². The first-order chi connectivity index (χ1) is 15.4. The summed E-state index contributed by atoms with van der Waals surface area (Å²) >= 11 is 0. The number of rotatable bonds is 4. The molecule has 0 saturated carbocycles. The van der Waals surface area contributed by atoms with E-state index in [1.165, 1.54) is 0 Å². The van der Waals surface area contributed by atoms with Gasteiger partial charge in [-0.3, -0.25) is 34.3 Å². The molecule has 32 heavy (non-hydrogen) atoms. The SMILES string of the molecule is NCC1CN(Cc2ccc3c(c2)C(=O)N(C2CCC(=O)NC2=O)C3=O)CC12CCOCC2. The smallest absolute Gasteiger partial charge is 0.262 e. The number of fused-ring (bicyclic) bond motifs is 1. The summed E-state index contributed by atoms with van der Waals surface area (Å²) in [7, 11) is 0. The lowest BCUT2D eigenvalue weighted by molar-refractivity contribution is -0.136. The summed E-state index contributed by atoms with van der Waals surface area (Å²) in [6.45, 7) is 4.72. The van der Waals surface area contributed by atoms with Crippen molar-refractivity contribution in [1.82, 2.24) is 15.1 Å². The second-order valence-electron chi connectivity index (χ2n) is 9.40. The highest BCUT2D eigenvalue weighted by Gasteiger charge is 2.47. The number of nitrogens with zero attached hydrogens (tertiary/aromatic N) is 2. The monoisotopic (exact) mass is 440 g/mol. The van der Waals surface area contributed by atoms with E-state index in [1.54, 1.807) is 12.1 Å². The number of nitrogens with two attached hydrogens (primary N) is 1. The number of carbonyl (C=O) groups is 4. The van der Waals surface area contributed by atoms with Gasteiger partial charge in [-0.15, -0.1) is 0 Å². The summed E-state index contributed by atoms with van der Waals surface area (Å²) in [5.74, 6) is -1.50. The van der Waals surface area contributed by atoms with Crippen LogP contribution in [0.3, 0.4) is 0 Å². The molecule has 0 bridgehead atoms. The number of carbonyl (C=O) groups excluding carboxylic acids is 4. The van der Waals surface area contributed by atoms with Crippen LogP contribution in [-0.2, 0) is 20.9 Å². The number of imide groups is 2. The average molecular weight is 441 g/mol. The third-order valence-corrected chi connectivity index (χ3v) is 7.57. The van der Waals surface area contributed by atoms with Gasteiger partial charge in [-0.1, -0.05) is 6.07 Å². The van der Waals surface area contributed by atoms with Crippen molar-refractivity contribution in [2.45, 2.75) is 38.3 Å². The minimum Gasteiger partial charge on any atom is -0.381 e. The number of hydrogen-bond acceptors (Lipinski definition) is 7. The largest absolute Gasteiger partial charge is 0.381 e. The molecule has 9 heteroatoms. The lowest BCUT2D eigenvalue weighted by Gasteiger charge is -2.37. The van der Waals surface area contributed by atoms with E-state index >= 15 is 0 Å². The summed E-state index contributed by atoms with van der Waals surface area (Å²) in [5.41, 5.74) is 7.88. The second-order valence-corrected chi connectivity index (χ2v) is 9.40. The maximum Gasteiger partial charge on any atom is 0.262 e. The Morgan fingerprint density at radius 1 is 1.09 bits per heavy atom. The van der Waals surface area contributed by atoms with Gasteiger partial charge in [0, 0.05) is 39.3 Å². The molecule has 170 valence electrons. The van der Waals surface area contributed by atoms with Crippen LogP contribution in [0.15, 0.2) is 18.2 Å². The van der Waals surface area contributed by atoms with Gasteiger partial charge in [-0.25, -0.2) is 0 Å². The van der Waals surface area contributed by atoms with Crippen molar-refractivity contribution < 1.29 is 23.9 Å². The normalized spacial score (nSPS) is 27.8. The molecule has 0 aromatic heterocycles. The molecule has 1 aromatic rings. The summed E-state index contributed by atoms with van der Waals surface area (Å²) in [6.07, 6.45) is 2.30. The quantitative estimate of drug-likeness (QED) is 0.645. The molecule has 4 aliphatic rings. The Balaban J connectivity index is 1.33. The van der Waals surface area contributed by atoms with Gasteiger partial charge >= 0.3 is 0 Å². The third kappa shape index (κ3) is 3.44. The Morgan fingerprint density at radius 3 is 2.56 bits per heavy atom. The highest BCUT2D eigenvalue weighted by atomic mass is 16.5. The Kier molecular flexibility index (Phi) is 5.35. The number of nitrogens with one attached hydrogen (secondary N) is 1. The molecule has 4 aliphatic heterocycles. The molecule has 5 rings (SSSR count). The molecule has 0 radical (unpaired) electrons. The fraction of sp³-hybridized carbons (Fsp3) is 0.565. The van der Waals surface area contributed by atoms with Gasteiger partial charge in [-0.2, -0.15) is 0 Å². The first-order valence-corrected chi connectivity index (χ1v) is 11.3. The topological polar surface area (TPSA) is 122 Å². The van der Waals surface area contributed by atoms with E-state index in [-0.39, 0.29) is 24.2 Å². The van der Waals surface area contributed by atoms with E-state index in [9.17, 15) is 19.2 Å². The van der Waals surface area contributed by atoms with Crippen LogP contribution in [0.5, 0.6) is 0 Å². The molecule has 4 heterocycles. The Hall–Kier alpha value is -2.62. The zero-order chi connectivity index (χ0) is 22.5. The molecule has 1 spiro atoms. The van der Waals surface area contributed by atoms with E-state index < -0.39 is 23.8 Å². The minimum atomic E-state index is -0.944. The molecule has 3 fully saturated rings. The van der Waals surface area contributed by atoms with Crippen LogP contribution in [0.25, 0.3) is 0 Å². The molecule has 0 aliphatic carbocycles. The van der Waals surface area contributed by atoms with Crippen LogP contribution in [0.4, 0.5) is 0 Å². The van der Waals surface area contributed by atoms with Crippen LogP contribution >= 0.6 is 0 Å². The molecule has 1 aromatic carbocycles. The predicted molar refractivity (Wildman–Crippen MR) is 113 cm³/mol. The molecule has 2 atom stereocenters. The fourth-order valence-electron chi connectivity index (χ4n) is 5.81. The summed E-state index contributed by atoms with van der Waals surface area (Å²) < 4.78 is 5.57. The second kappa shape index (κ2) is 8.06. The van der Waals surface area contributed by atoms with Crippen molar-refractivity contribution in [3.8, 4) is 0 Å². The van der Waals surface area contributed by atoms with Gasteiger partial charge in [0.15, 0.2) is 0 Å². The van der Waals surface area contributed by atoms with Crippen LogP contribution in [0.2, 0.25) is 0 Å². The van der Waals surface area contributed by atoms with Crippen molar-refractivity contribution in [3.63, 3.8) is 0 Å². The minimum absolute atomic E-state index is 0.110. The number of ether oxygens (including phenoxy) is 1. The first-order valence-electron chi connectivity index (χ1n) is 11.3. The zero-order valence-electron chi connectivity index (χ0n) is 18.0. The maximum atomic E-state index is 13.1. The highest BCUT2D eigenvalue weighted by molar-refractivity contribution is 6.23. The van der Waals surface area contributed by atoms with Crippen molar-refractivity contribution in [3.05, 3.63) is 34.9 Å². The number of hydrogen-bond donors (Lipinski definition) is 2. The van der Waals surface area contributed by atoms with E-state index in [0.717, 1.165) is 49.6 Å². The van der Waals surface area contributed by atoms with Gasteiger partial charge in [0.1, 0.15) is 6.04 Å². The zero-order valence-corrected chi connectivity index (χ0v) is 18.0. The van der Waals surface area contributed by atoms with Crippen LogP contribution < -0.4 is 11.1 Å². The van der Waals surface area contributed by atoms with Crippen LogP contribution in [0, 0.1) is 11.3 Å². The van der Waals surface area contributed by atoms with Crippen molar-refractivity contribution in [1.29, 1.82) is 0 Å². The van der Waals surface area contributed by atoms with E-state index in [0.29, 0.717) is 30.1 Å². The van der Waals surface area contributed by atoms with Gasteiger partial charge in [-0.05, 0) is 54.8 Å². The van der Waals surface area contributed by atoms with Gasteiger partial charge < -0.3 is 10.5 Å². The molecule has 3 N–H and O–H groups in total. The van der Waals surface area contributed by atoms with Crippen molar-refractivity contribution >= 4 is 23.6 Å². The van der Waals surface area contributed by atoms with E-state index in [2.05, 4.69) is 10.2 Å². The summed E-state index contributed by atoms with van der Waals surface area (Å²) in [4.78, 5) is 53.0. The van der Waals surface area contributed by atoms with Crippen molar-refractivity contribution in [2.24, 2.45) is 17.1 Å². The lowest BCUT2D eigenvalue weighted by Crippen LogP contribution is -2.54. The maximum absolute atomic E-state index is 13.1. The Morgan fingerprint density at radius 2 is 1.84 bits per heavy atom. The molecule has 2 unspecified atom stereocenters. The molecule has 9 nitrogen and oxygen atoms in total. The van der Waals surface area contributed by atoms with Gasteiger partial charge in [0.2, 0.25) is 11.8 Å². The predicted octanol–water partition coefficient (Wildman–Crippen LogP) is 0.275. The van der Waals surface area contributed by atoms with Gasteiger partial charge in [0.25, 0.3) is 11.8 Å². The number of benzene rings is 1. The Labute approximate surface area is 186 Å².